The van der Waals surface area contributed by atoms with Crippen LogP contribution in [0, 0.1) is 0 Å². The lowest BCUT2D eigenvalue weighted by atomic mass is 9.87. The van der Waals surface area contributed by atoms with Gasteiger partial charge in [-0.2, -0.15) is 11.8 Å². The van der Waals surface area contributed by atoms with E-state index in [4.69, 9.17) is 4.74 Å². The van der Waals surface area contributed by atoms with Crippen LogP contribution in [0.5, 0.6) is 5.75 Å². The molecule has 0 aromatic heterocycles. The quantitative estimate of drug-likeness (QED) is 0.448. The first-order valence-corrected chi connectivity index (χ1v) is 11.8. The summed E-state index contributed by atoms with van der Waals surface area (Å²) in [7, 11) is 1.69. The topological polar surface area (TPSA) is 79.5 Å². The maximum Gasteiger partial charge on any atom is 0.315 e. The Bertz CT molecular complexity index is 751. The molecule has 3 amide bonds. The third-order valence-electron chi connectivity index (χ3n) is 6.54. The first-order chi connectivity index (χ1) is 14.1. The number of methoxy groups -OCH3 is 1. The Balaban J connectivity index is 1.28. The number of benzene rings is 1. The van der Waals surface area contributed by atoms with Gasteiger partial charge in [0, 0.05) is 23.0 Å². The minimum Gasteiger partial charge on any atom is -0.496 e. The second-order valence-corrected chi connectivity index (χ2v) is 9.68. The monoisotopic (exact) mass is 417 g/mol. The van der Waals surface area contributed by atoms with E-state index in [1.807, 2.05) is 30.0 Å². The summed E-state index contributed by atoms with van der Waals surface area (Å²) in [6, 6.07) is 8.53. The number of thioether (sulfide) groups is 1. The van der Waals surface area contributed by atoms with Gasteiger partial charge in [0.05, 0.1) is 24.7 Å². The maximum atomic E-state index is 12.8. The van der Waals surface area contributed by atoms with Gasteiger partial charge in [-0.05, 0) is 31.7 Å². The van der Waals surface area contributed by atoms with E-state index in [2.05, 4.69) is 22.0 Å². The Morgan fingerprint density at radius 1 is 1.24 bits per heavy atom. The molecule has 1 aliphatic carbocycles. The minimum atomic E-state index is -0.294. The number of amides is 3. The first kappa shape index (κ1) is 20.4. The molecule has 3 unspecified atom stereocenters. The van der Waals surface area contributed by atoms with Crippen molar-refractivity contribution < 1.29 is 14.3 Å². The van der Waals surface area contributed by atoms with E-state index < -0.39 is 0 Å². The van der Waals surface area contributed by atoms with Crippen LogP contribution in [0.15, 0.2) is 24.3 Å². The Labute approximate surface area is 176 Å². The zero-order valence-electron chi connectivity index (χ0n) is 17.0. The normalized spacial score (nSPS) is 27.2. The summed E-state index contributed by atoms with van der Waals surface area (Å²) >= 11 is 1.93. The molecule has 3 atom stereocenters. The average molecular weight is 418 g/mol. The van der Waals surface area contributed by atoms with Gasteiger partial charge in [-0.15, -0.1) is 0 Å². The van der Waals surface area contributed by atoms with Crippen molar-refractivity contribution in [3.63, 3.8) is 0 Å². The molecule has 0 bridgehead atoms. The summed E-state index contributed by atoms with van der Waals surface area (Å²) in [5, 5.41) is 9.83. The number of para-hydroxylation sites is 1. The Hall–Kier alpha value is -1.89. The maximum absolute atomic E-state index is 12.8. The van der Waals surface area contributed by atoms with E-state index in [0.29, 0.717) is 11.7 Å². The van der Waals surface area contributed by atoms with Gasteiger partial charge in [0.1, 0.15) is 5.75 Å². The van der Waals surface area contributed by atoms with E-state index in [9.17, 15) is 9.59 Å². The molecule has 1 aromatic rings. The number of fused-ring (bicyclic) bond motifs is 1. The van der Waals surface area contributed by atoms with Crippen LogP contribution in [0.3, 0.4) is 0 Å². The third-order valence-corrected chi connectivity index (χ3v) is 8.05. The van der Waals surface area contributed by atoms with Crippen LogP contribution in [-0.2, 0) is 10.3 Å². The van der Waals surface area contributed by atoms with Crippen molar-refractivity contribution >= 4 is 23.7 Å². The number of rotatable bonds is 8. The van der Waals surface area contributed by atoms with Gasteiger partial charge < -0.3 is 20.7 Å². The summed E-state index contributed by atoms with van der Waals surface area (Å²) in [6.07, 6.45) is 7.65. The number of hydrogen-bond acceptors (Lipinski definition) is 4. The van der Waals surface area contributed by atoms with Crippen molar-refractivity contribution in [2.75, 3.05) is 12.9 Å². The van der Waals surface area contributed by atoms with Crippen LogP contribution in [0.1, 0.15) is 56.9 Å². The van der Waals surface area contributed by atoms with Gasteiger partial charge in [0.2, 0.25) is 5.91 Å². The molecule has 0 radical (unpaired) electrons. The zero-order chi connectivity index (χ0) is 20.3. The Morgan fingerprint density at radius 3 is 2.83 bits per heavy atom. The predicted octanol–water partition coefficient (Wildman–Crippen LogP) is 3.31. The number of ether oxygens (including phenoxy) is 1. The number of unbranched alkanes of at least 4 members (excludes halogenated alkanes) is 1. The van der Waals surface area contributed by atoms with E-state index in [0.717, 1.165) is 62.0 Å². The second-order valence-electron chi connectivity index (χ2n) is 8.41. The zero-order valence-corrected chi connectivity index (χ0v) is 17.9. The first-order valence-electron chi connectivity index (χ1n) is 10.7. The third kappa shape index (κ3) is 4.34. The Kier molecular flexibility index (Phi) is 6.23. The van der Waals surface area contributed by atoms with Crippen molar-refractivity contribution in [3.8, 4) is 5.75 Å². The molecule has 2 heterocycles. The second kappa shape index (κ2) is 8.86. The van der Waals surface area contributed by atoms with E-state index in [1.165, 1.54) is 0 Å². The molecule has 6 nitrogen and oxygen atoms in total. The van der Waals surface area contributed by atoms with Gasteiger partial charge in [-0.1, -0.05) is 37.5 Å². The molecule has 1 aromatic carbocycles. The van der Waals surface area contributed by atoms with Crippen molar-refractivity contribution in [1.82, 2.24) is 16.0 Å². The fourth-order valence-electron chi connectivity index (χ4n) is 5.08. The van der Waals surface area contributed by atoms with Crippen molar-refractivity contribution in [3.05, 3.63) is 29.8 Å². The summed E-state index contributed by atoms with van der Waals surface area (Å²) in [6.45, 7) is 0. The van der Waals surface area contributed by atoms with Crippen LogP contribution in [0.4, 0.5) is 4.79 Å². The molecular weight excluding hydrogens is 386 g/mol. The summed E-state index contributed by atoms with van der Waals surface area (Å²) in [5.41, 5.74) is 0.809. The highest BCUT2D eigenvalue weighted by molar-refractivity contribution is 8.00. The molecule has 3 aliphatic rings. The van der Waals surface area contributed by atoms with Gasteiger partial charge in [0.25, 0.3) is 0 Å². The van der Waals surface area contributed by atoms with Crippen LogP contribution in [0.2, 0.25) is 0 Å². The molecule has 2 aliphatic heterocycles. The minimum absolute atomic E-state index is 0.0390. The fourth-order valence-corrected chi connectivity index (χ4v) is 6.63. The lowest BCUT2D eigenvalue weighted by Crippen LogP contribution is -2.44. The van der Waals surface area contributed by atoms with Gasteiger partial charge in [-0.3, -0.25) is 4.79 Å². The van der Waals surface area contributed by atoms with Gasteiger partial charge in [0.15, 0.2) is 0 Å². The summed E-state index contributed by atoms with van der Waals surface area (Å²) < 4.78 is 5.57. The number of hydrogen-bond donors (Lipinski definition) is 3. The molecule has 7 heteroatoms. The summed E-state index contributed by atoms with van der Waals surface area (Å²) in [5.74, 6) is 1.97. The molecule has 2 saturated heterocycles. The number of nitrogens with one attached hydrogen (secondary N) is 3. The average Bonchev–Trinajstić information content (AvgIpc) is 3.42. The highest BCUT2D eigenvalue weighted by Crippen LogP contribution is 2.42. The van der Waals surface area contributed by atoms with Crippen molar-refractivity contribution in [2.24, 2.45) is 0 Å². The lowest BCUT2D eigenvalue weighted by Gasteiger charge is -2.32. The molecule has 0 spiro atoms. The summed E-state index contributed by atoms with van der Waals surface area (Å²) in [4.78, 5) is 24.3. The molecule has 158 valence electrons. The fraction of sp³-hybridized carbons (Fsp3) is 0.636. The van der Waals surface area contributed by atoms with E-state index in [1.54, 1.807) is 7.11 Å². The Morgan fingerprint density at radius 2 is 2.03 bits per heavy atom. The smallest absolute Gasteiger partial charge is 0.315 e. The number of carbonyl (C=O) groups is 2. The van der Waals surface area contributed by atoms with Crippen LogP contribution >= 0.6 is 11.8 Å². The molecule has 3 N–H and O–H groups in total. The standard InChI is InChI=1S/C22H31N3O3S/c1-28-17-9-3-2-8-15(17)22(12-6-7-13-22)25-19(26)11-5-4-10-18-20-16(14-29-18)23-21(27)24-20/h2-3,8-9,16,18,20H,4-7,10-14H2,1H3,(H,25,26)(H2,23,24,27). The number of urea groups is 1. The van der Waals surface area contributed by atoms with E-state index in [-0.39, 0.29) is 29.6 Å². The van der Waals surface area contributed by atoms with Crippen molar-refractivity contribution in [1.29, 1.82) is 0 Å². The highest BCUT2D eigenvalue weighted by atomic mass is 32.2. The SMILES string of the molecule is COc1ccccc1C1(NC(=O)CCCCC2SCC3NC(=O)NC32)CCCC1. The highest BCUT2D eigenvalue weighted by Gasteiger charge is 2.42. The lowest BCUT2D eigenvalue weighted by molar-refractivity contribution is -0.123. The van der Waals surface area contributed by atoms with Crippen molar-refractivity contribution in [2.45, 2.75) is 74.2 Å². The molecule has 29 heavy (non-hydrogen) atoms. The molecule has 3 fully saturated rings. The van der Waals surface area contributed by atoms with Crippen LogP contribution in [-0.4, -0.2) is 42.1 Å². The van der Waals surface area contributed by atoms with Gasteiger partial charge in [-0.25, -0.2) is 4.79 Å². The molecular formula is C22H31N3O3S. The van der Waals surface area contributed by atoms with Crippen LogP contribution < -0.4 is 20.7 Å². The molecule has 1 saturated carbocycles. The molecule has 4 rings (SSSR count). The predicted molar refractivity (Wildman–Crippen MR) is 115 cm³/mol. The largest absolute Gasteiger partial charge is 0.496 e. The number of carbonyl (C=O) groups excluding carboxylic acids is 2. The van der Waals surface area contributed by atoms with E-state index >= 15 is 0 Å². The van der Waals surface area contributed by atoms with Gasteiger partial charge >= 0.3 is 6.03 Å². The van der Waals surface area contributed by atoms with Crippen LogP contribution in [0.25, 0.3) is 0 Å².